The molecule has 150 valence electrons. The molecule has 0 atom stereocenters. The van der Waals surface area contributed by atoms with Gasteiger partial charge in [0, 0.05) is 39.0 Å². The third-order valence-corrected chi connectivity index (χ3v) is 4.65. The summed E-state index contributed by atoms with van der Waals surface area (Å²) in [6.45, 7) is 2.00. The third-order valence-electron chi connectivity index (χ3n) is 4.65. The topological polar surface area (TPSA) is 95.2 Å². The Balaban J connectivity index is 1.54. The molecular formula is C22H24N4O3. The minimum Gasteiger partial charge on any atom is -0.342 e. The van der Waals surface area contributed by atoms with Gasteiger partial charge in [0.05, 0.1) is 10.9 Å². The lowest BCUT2D eigenvalue weighted by atomic mass is 10.1. The van der Waals surface area contributed by atoms with Crippen molar-refractivity contribution in [3.63, 3.8) is 0 Å². The molecule has 2 N–H and O–H groups in total. The van der Waals surface area contributed by atoms with Crippen LogP contribution in [0.15, 0.2) is 53.3 Å². The number of anilines is 1. The van der Waals surface area contributed by atoms with Crippen molar-refractivity contribution in [2.45, 2.75) is 32.7 Å². The summed E-state index contributed by atoms with van der Waals surface area (Å²) >= 11 is 0. The molecule has 7 nitrogen and oxygen atoms in total. The minimum absolute atomic E-state index is 0.0141. The van der Waals surface area contributed by atoms with Crippen molar-refractivity contribution in [2.75, 3.05) is 12.4 Å². The fourth-order valence-corrected chi connectivity index (χ4v) is 3.03. The van der Waals surface area contributed by atoms with Crippen molar-refractivity contribution in [3.8, 4) is 0 Å². The number of carbonyl (C=O) groups excluding carboxylic acids is 2. The summed E-state index contributed by atoms with van der Waals surface area (Å²) < 4.78 is 0. The normalized spacial score (nSPS) is 10.7. The molecule has 1 heterocycles. The highest BCUT2D eigenvalue weighted by atomic mass is 16.2. The molecule has 0 unspecified atom stereocenters. The highest BCUT2D eigenvalue weighted by Crippen LogP contribution is 2.13. The number of carbonyl (C=O) groups is 2. The Hall–Kier alpha value is -3.48. The van der Waals surface area contributed by atoms with E-state index in [1.807, 2.05) is 30.3 Å². The van der Waals surface area contributed by atoms with E-state index in [4.69, 9.17) is 0 Å². The first kappa shape index (κ1) is 20.3. The fraction of sp³-hybridized carbons (Fsp3) is 0.273. The van der Waals surface area contributed by atoms with Gasteiger partial charge in [-0.2, -0.15) is 0 Å². The number of H-pyrrole nitrogens is 1. The Morgan fingerprint density at radius 3 is 2.72 bits per heavy atom. The van der Waals surface area contributed by atoms with E-state index in [-0.39, 0.29) is 17.4 Å². The second-order valence-corrected chi connectivity index (χ2v) is 7.01. The fourth-order valence-electron chi connectivity index (χ4n) is 3.03. The van der Waals surface area contributed by atoms with Gasteiger partial charge in [-0.15, -0.1) is 0 Å². The zero-order chi connectivity index (χ0) is 20.8. The number of para-hydroxylation sites is 1. The molecule has 0 saturated heterocycles. The van der Waals surface area contributed by atoms with Crippen LogP contribution in [0.2, 0.25) is 0 Å². The Morgan fingerprint density at radius 2 is 1.93 bits per heavy atom. The van der Waals surface area contributed by atoms with Gasteiger partial charge in [0.2, 0.25) is 11.8 Å². The Morgan fingerprint density at radius 1 is 1.14 bits per heavy atom. The van der Waals surface area contributed by atoms with Crippen LogP contribution in [0.3, 0.4) is 0 Å². The van der Waals surface area contributed by atoms with Gasteiger partial charge < -0.3 is 15.2 Å². The summed E-state index contributed by atoms with van der Waals surface area (Å²) in [6, 6.07) is 14.6. The van der Waals surface area contributed by atoms with Crippen LogP contribution in [0.1, 0.15) is 31.2 Å². The van der Waals surface area contributed by atoms with Crippen molar-refractivity contribution < 1.29 is 9.59 Å². The van der Waals surface area contributed by atoms with Crippen molar-refractivity contribution >= 4 is 28.4 Å². The van der Waals surface area contributed by atoms with Crippen LogP contribution in [0, 0.1) is 0 Å². The second kappa shape index (κ2) is 9.14. The molecule has 2 aromatic carbocycles. The maximum Gasteiger partial charge on any atom is 0.258 e. The first-order chi connectivity index (χ1) is 13.9. The number of rotatable bonds is 7. The SMILES string of the molecule is CC(=O)N(C)Cc1cccc(NC(=O)CCCc2nc3ccccc3c(=O)[nH]2)c1. The van der Waals surface area contributed by atoms with E-state index >= 15 is 0 Å². The van der Waals surface area contributed by atoms with Crippen molar-refractivity contribution in [1.29, 1.82) is 0 Å². The highest BCUT2D eigenvalue weighted by Gasteiger charge is 2.08. The van der Waals surface area contributed by atoms with E-state index in [1.165, 1.54) is 6.92 Å². The van der Waals surface area contributed by atoms with E-state index in [9.17, 15) is 14.4 Å². The van der Waals surface area contributed by atoms with Crippen LogP contribution in [-0.4, -0.2) is 33.7 Å². The van der Waals surface area contributed by atoms with Crippen LogP contribution >= 0.6 is 0 Å². The van der Waals surface area contributed by atoms with Crippen LogP contribution in [0.25, 0.3) is 10.9 Å². The number of aromatic nitrogens is 2. The maximum atomic E-state index is 12.3. The molecule has 29 heavy (non-hydrogen) atoms. The standard InChI is InChI=1S/C22H24N4O3/c1-15(27)26(2)14-16-7-5-8-17(13-16)23-21(28)12-6-11-20-24-19-10-4-3-9-18(19)22(29)25-20/h3-5,7-10,13H,6,11-12,14H2,1-2H3,(H,23,28)(H,24,25,29). The summed E-state index contributed by atoms with van der Waals surface area (Å²) in [4.78, 5) is 44.6. The zero-order valence-corrected chi connectivity index (χ0v) is 16.6. The van der Waals surface area contributed by atoms with Gasteiger partial charge in [-0.25, -0.2) is 4.98 Å². The number of aryl methyl sites for hydroxylation is 1. The first-order valence-corrected chi connectivity index (χ1v) is 9.51. The smallest absolute Gasteiger partial charge is 0.258 e. The van der Waals surface area contributed by atoms with Crippen molar-refractivity contribution in [1.82, 2.24) is 14.9 Å². The number of hydrogen-bond acceptors (Lipinski definition) is 4. The number of hydrogen-bond donors (Lipinski definition) is 2. The Bertz CT molecular complexity index is 1090. The molecule has 3 aromatic rings. The van der Waals surface area contributed by atoms with Gasteiger partial charge in [0.1, 0.15) is 5.82 Å². The maximum absolute atomic E-state index is 12.3. The highest BCUT2D eigenvalue weighted by molar-refractivity contribution is 5.90. The lowest BCUT2D eigenvalue weighted by Crippen LogP contribution is -2.23. The van der Waals surface area contributed by atoms with Gasteiger partial charge in [-0.1, -0.05) is 24.3 Å². The van der Waals surface area contributed by atoms with Crippen molar-refractivity contribution in [3.05, 3.63) is 70.3 Å². The first-order valence-electron chi connectivity index (χ1n) is 9.51. The van der Waals surface area contributed by atoms with Gasteiger partial charge in [-0.05, 0) is 36.2 Å². The molecule has 0 aliphatic rings. The summed E-state index contributed by atoms with van der Waals surface area (Å²) in [5, 5.41) is 3.44. The molecule has 3 rings (SSSR count). The van der Waals surface area contributed by atoms with Crippen LogP contribution in [-0.2, 0) is 22.6 Å². The van der Waals surface area contributed by atoms with Crippen LogP contribution in [0.4, 0.5) is 5.69 Å². The number of fused-ring (bicyclic) bond motifs is 1. The van der Waals surface area contributed by atoms with E-state index in [0.29, 0.717) is 48.2 Å². The molecule has 0 saturated carbocycles. The van der Waals surface area contributed by atoms with Crippen molar-refractivity contribution in [2.24, 2.45) is 0 Å². The number of amides is 2. The zero-order valence-electron chi connectivity index (χ0n) is 16.6. The Kier molecular flexibility index (Phi) is 6.39. The summed E-state index contributed by atoms with van der Waals surface area (Å²) in [5.41, 5.74) is 2.13. The molecule has 0 spiro atoms. The van der Waals surface area contributed by atoms with Gasteiger partial charge in [0.15, 0.2) is 0 Å². The number of aromatic amines is 1. The molecule has 1 aromatic heterocycles. The molecule has 0 aliphatic carbocycles. The number of nitrogens with zero attached hydrogens (tertiary/aromatic N) is 2. The second-order valence-electron chi connectivity index (χ2n) is 7.01. The van der Waals surface area contributed by atoms with E-state index in [1.54, 1.807) is 30.1 Å². The molecule has 0 bridgehead atoms. The minimum atomic E-state index is -0.164. The third kappa shape index (κ3) is 5.51. The summed E-state index contributed by atoms with van der Waals surface area (Å²) in [6.07, 6.45) is 1.39. The quantitative estimate of drug-likeness (QED) is 0.646. The number of nitrogens with one attached hydrogen (secondary N) is 2. The van der Waals surface area contributed by atoms with E-state index in [2.05, 4.69) is 15.3 Å². The van der Waals surface area contributed by atoms with Gasteiger partial charge in [-0.3, -0.25) is 14.4 Å². The molecule has 0 radical (unpaired) electrons. The number of benzene rings is 2. The molecule has 7 heteroatoms. The average Bonchev–Trinajstić information content (AvgIpc) is 2.68. The van der Waals surface area contributed by atoms with E-state index < -0.39 is 0 Å². The summed E-state index contributed by atoms with van der Waals surface area (Å²) in [5.74, 6) is 0.459. The lowest BCUT2D eigenvalue weighted by Gasteiger charge is -2.15. The van der Waals surface area contributed by atoms with Crippen LogP contribution < -0.4 is 10.9 Å². The van der Waals surface area contributed by atoms with Gasteiger partial charge >= 0.3 is 0 Å². The monoisotopic (exact) mass is 392 g/mol. The molecule has 0 aliphatic heterocycles. The van der Waals surface area contributed by atoms with Crippen LogP contribution in [0.5, 0.6) is 0 Å². The molecule has 2 amide bonds. The summed E-state index contributed by atoms with van der Waals surface area (Å²) in [7, 11) is 1.73. The van der Waals surface area contributed by atoms with E-state index in [0.717, 1.165) is 5.56 Å². The Labute approximate surface area is 168 Å². The van der Waals surface area contributed by atoms with Gasteiger partial charge in [0.25, 0.3) is 5.56 Å². The predicted molar refractivity (Wildman–Crippen MR) is 113 cm³/mol. The molecule has 0 fully saturated rings. The predicted octanol–water partition coefficient (Wildman–Crippen LogP) is 2.86. The largest absolute Gasteiger partial charge is 0.342 e. The average molecular weight is 392 g/mol. The molecular weight excluding hydrogens is 368 g/mol. The lowest BCUT2D eigenvalue weighted by molar-refractivity contribution is -0.128.